The molecule has 6 heteroatoms. The van der Waals surface area contributed by atoms with Gasteiger partial charge in [0.2, 0.25) is 0 Å². The van der Waals surface area contributed by atoms with E-state index in [1.165, 1.54) is 11.9 Å². The Morgan fingerprint density at radius 3 is 2.80 bits per heavy atom. The molecule has 0 bridgehead atoms. The van der Waals surface area contributed by atoms with Crippen LogP contribution < -0.4 is 11.1 Å². The van der Waals surface area contributed by atoms with E-state index < -0.39 is 12.0 Å². The van der Waals surface area contributed by atoms with Crippen molar-refractivity contribution in [1.82, 2.24) is 5.32 Å². The molecule has 1 rings (SSSR count). The molecule has 0 spiro atoms. The van der Waals surface area contributed by atoms with Crippen molar-refractivity contribution >= 4 is 24.1 Å². The van der Waals surface area contributed by atoms with Crippen LogP contribution in [0, 0.1) is 0 Å². The van der Waals surface area contributed by atoms with Crippen LogP contribution in [-0.4, -0.2) is 36.4 Å². The maximum atomic E-state index is 11.0. The van der Waals surface area contributed by atoms with E-state index in [0.29, 0.717) is 19.5 Å². The lowest BCUT2D eigenvalue weighted by Crippen LogP contribution is -2.37. The van der Waals surface area contributed by atoms with E-state index in [9.17, 15) is 4.79 Å². The lowest BCUT2D eigenvalue weighted by Gasteiger charge is -2.12. The number of hydrogen-bond acceptors (Lipinski definition) is 5. The molecule has 1 atom stereocenters. The number of nitrogens with zero attached hydrogens (tertiary/aromatic N) is 1. The van der Waals surface area contributed by atoms with Gasteiger partial charge in [-0.2, -0.15) is 0 Å². The van der Waals surface area contributed by atoms with Crippen molar-refractivity contribution in [3.05, 3.63) is 30.3 Å². The molecule has 0 aromatic heterocycles. The predicted molar refractivity (Wildman–Crippen MR) is 83.1 cm³/mol. The Morgan fingerprint density at radius 1 is 1.40 bits per heavy atom. The Kier molecular flexibility index (Phi) is 8.69. The van der Waals surface area contributed by atoms with Crippen LogP contribution in [0.1, 0.15) is 19.3 Å². The second-order valence-corrected chi connectivity index (χ2v) is 5.14. The van der Waals surface area contributed by atoms with Crippen molar-refractivity contribution in [2.75, 3.05) is 13.1 Å². The van der Waals surface area contributed by atoms with E-state index in [4.69, 9.17) is 10.8 Å². The van der Waals surface area contributed by atoms with Gasteiger partial charge in [-0.1, -0.05) is 24.6 Å². The average Bonchev–Trinajstić information content (AvgIpc) is 2.46. The van der Waals surface area contributed by atoms with Crippen LogP contribution >= 0.6 is 11.9 Å². The fourth-order valence-electron chi connectivity index (χ4n) is 1.62. The van der Waals surface area contributed by atoms with Crippen molar-refractivity contribution in [2.45, 2.75) is 30.2 Å². The van der Waals surface area contributed by atoms with Crippen LogP contribution in [0.2, 0.25) is 0 Å². The molecule has 0 unspecified atom stereocenters. The van der Waals surface area contributed by atoms with Gasteiger partial charge in [0.1, 0.15) is 6.04 Å². The molecule has 20 heavy (non-hydrogen) atoms. The number of aliphatic carboxylic acids is 1. The van der Waals surface area contributed by atoms with Gasteiger partial charge in [0.15, 0.2) is 0 Å². The standard InChI is InChI=1S/C14H21N3O2S/c15-9-5-4-8-13(14(18)19)16-10-11-17-20-12-6-2-1-3-7-12/h1-3,6-7,11,13,16H,4-5,8-10,15H2,(H,18,19)/t13-/m0/s1. The minimum Gasteiger partial charge on any atom is -0.480 e. The fourth-order valence-corrected chi connectivity index (χ4v) is 2.17. The summed E-state index contributed by atoms with van der Waals surface area (Å²) in [6.45, 7) is 1.04. The Bertz CT molecular complexity index is 412. The first kappa shape index (κ1) is 16.7. The molecule has 0 aliphatic carbocycles. The number of benzene rings is 1. The molecule has 1 aromatic rings. The van der Waals surface area contributed by atoms with Gasteiger partial charge < -0.3 is 10.8 Å². The molecule has 0 amide bonds. The zero-order chi connectivity index (χ0) is 14.6. The number of carbonyl (C=O) groups is 1. The topological polar surface area (TPSA) is 87.7 Å². The molecule has 0 fully saturated rings. The number of carboxylic acids is 1. The third-order valence-corrected chi connectivity index (χ3v) is 3.41. The molecular weight excluding hydrogens is 274 g/mol. The maximum Gasteiger partial charge on any atom is 0.320 e. The highest BCUT2D eigenvalue weighted by atomic mass is 32.2. The molecule has 0 heterocycles. The number of carboxylic acid groups (broad SMARTS) is 1. The predicted octanol–water partition coefficient (Wildman–Crippen LogP) is 1.94. The minimum absolute atomic E-state index is 0.444. The van der Waals surface area contributed by atoms with Crippen molar-refractivity contribution in [3.8, 4) is 0 Å². The largest absolute Gasteiger partial charge is 0.480 e. The highest BCUT2D eigenvalue weighted by Gasteiger charge is 2.14. The zero-order valence-corrected chi connectivity index (χ0v) is 12.2. The van der Waals surface area contributed by atoms with E-state index in [-0.39, 0.29) is 0 Å². The van der Waals surface area contributed by atoms with Gasteiger partial charge in [-0.3, -0.25) is 10.1 Å². The van der Waals surface area contributed by atoms with E-state index in [1.807, 2.05) is 30.3 Å². The fraction of sp³-hybridized carbons (Fsp3) is 0.429. The van der Waals surface area contributed by atoms with Crippen LogP contribution in [0.25, 0.3) is 0 Å². The summed E-state index contributed by atoms with van der Waals surface area (Å²) < 4.78 is 4.19. The Labute approximate surface area is 123 Å². The summed E-state index contributed by atoms with van der Waals surface area (Å²) in [5.74, 6) is -0.828. The summed E-state index contributed by atoms with van der Waals surface area (Å²) in [6, 6.07) is 9.27. The van der Waals surface area contributed by atoms with Crippen molar-refractivity contribution in [3.63, 3.8) is 0 Å². The second kappa shape index (κ2) is 10.4. The highest BCUT2D eigenvalue weighted by Crippen LogP contribution is 2.16. The van der Waals surface area contributed by atoms with Crippen molar-refractivity contribution < 1.29 is 9.90 Å². The van der Waals surface area contributed by atoms with Gasteiger partial charge in [0.05, 0.1) is 0 Å². The Morgan fingerprint density at radius 2 is 2.15 bits per heavy atom. The van der Waals surface area contributed by atoms with Gasteiger partial charge in [-0.15, -0.1) is 0 Å². The van der Waals surface area contributed by atoms with Gasteiger partial charge in [0, 0.05) is 29.6 Å². The molecule has 0 saturated carbocycles. The van der Waals surface area contributed by atoms with E-state index in [1.54, 1.807) is 6.21 Å². The zero-order valence-electron chi connectivity index (χ0n) is 11.4. The van der Waals surface area contributed by atoms with Gasteiger partial charge in [0.25, 0.3) is 0 Å². The second-order valence-electron chi connectivity index (χ2n) is 4.28. The van der Waals surface area contributed by atoms with E-state index in [2.05, 4.69) is 9.71 Å². The third-order valence-electron chi connectivity index (χ3n) is 2.68. The molecular formula is C14H21N3O2S. The lowest BCUT2D eigenvalue weighted by atomic mass is 10.1. The molecule has 0 radical (unpaired) electrons. The third kappa shape index (κ3) is 7.28. The quantitative estimate of drug-likeness (QED) is 0.349. The Balaban J connectivity index is 2.24. The molecule has 0 aliphatic rings. The maximum absolute atomic E-state index is 11.0. The first-order valence-electron chi connectivity index (χ1n) is 6.64. The molecule has 4 N–H and O–H groups in total. The summed E-state index contributed by atoms with van der Waals surface area (Å²) in [6.07, 6.45) is 3.95. The summed E-state index contributed by atoms with van der Waals surface area (Å²) in [7, 11) is 0. The first-order chi connectivity index (χ1) is 9.74. The normalized spacial score (nSPS) is 12.7. The number of nitrogens with two attached hydrogens (primary N) is 1. The lowest BCUT2D eigenvalue weighted by molar-refractivity contribution is -0.139. The number of nitrogens with one attached hydrogen (secondary N) is 1. The highest BCUT2D eigenvalue weighted by molar-refractivity contribution is 7.98. The minimum atomic E-state index is -0.828. The van der Waals surface area contributed by atoms with E-state index >= 15 is 0 Å². The smallest absolute Gasteiger partial charge is 0.320 e. The number of rotatable bonds is 10. The van der Waals surface area contributed by atoms with Gasteiger partial charge in [-0.25, -0.2) is 4.40 Å². The summed E-state index contributed by atoms with van der Waals surface area (Å²) in [5.41, 5.74) is 5.39. The molecule has 0 aliphatic heterocycles. The summed E-state index contributed by atoms with van der Waals surface area (Å²) >= 11 is 1.37. The molecule has 5 nitrogen and oxygen atoms in total. The van der Waals surface area contributed by atoms with Gasteiger partial charge >= 0.3 is 5.97 Å². The molecule has 1 aromatic carbocycles. The number of unbranched alkanes of at least 4 members (excludes halogenated alkanes) is 1. The van der Waals surface area contributed by atoms with Gasteiger partial charge in [-0.05, 0) is 31.5 Å². The van der Waals surface area contributed by atoms with Crippen LogP contribution in [0.3, 0.4) is 0 Å². The molecule has 110 valence electrons. The Hall–Kier alpha value is -1.37. The SMILES string of the molecule is NCCCC[C@H](NCC=NSc1ccccc1)C(=O)O. The van der Waals surface area contributed by atoms with Crippen molar-refractivity contribution in [1.29, 1.82) is 0 Å². The van der Waals surface area contributed by atoms with Crippen LogP contribution in [0.5, 0.6) is 0 Å². The van der Waals surface area contributed by atoms with E-state index in [0.717, 1.165) is 17.7 Å². The number of hydrogen-bond donors (Lipinski definition) is 3. The van der Waals surface area contributed by atoms with Crippen molar-refractivity contribution in [2.24, 2.45) is 10.1 Å². The van der Waals surface area contributed by atoms with Crippen LogP contribution in [-0.2, 0) is 4.79 Å². The van der Waals surface area contributed by atoms with Crippen LogP contribution in [0.15, 0.2) is 39.6 Å². The monoisotopic (exact) mass is 295 g/mol. The molecule has 0 saturated heterocycles. The summed E-state index contributed by atoms with van der Waals surface area (Å²) in [5, 5.41) is 12.0. The van der Waals surface area contributed by atoms with Crippen LogP contribution in [0.4, 0.5) is 0 Å². The average molecular weight is 295 g/mol. The first-order valence-corrected chi connectivity index (χ1v) is 7.41. The summed E-state index contributed by atoms with van der Waals surface area (Å²) in [4.78, 5) is 12.1.